The molecule has 92 valence electrons. The predicted octanol–water partition coefficient (Wildman–Crippen LogP) is 2.81. The Morgan fingerprint density at radius 1 is 1.59 bits per heavy atom. The summed E-state index contributed by atoms with van der Waals surface area (Å²) < 4.78 is 6.43. The van der Waals surface area contributed by atoms with Crippen LogP contribution in [0.2, 0.25) is 5.02 Å². The fraction of sp³-hybridized carbons (Fsp3) is 0.417. The molecule has 1 heterocycles. The smallest absolute Gasteiger partial charge is 0.255 e. The molecular weight excluding hydrogens is 352 g/mol. The first-order chi connectivity index (χ1) is 8.08. The molecule has 1 fully saturated rings. The molecule has 0 aromatic heterocycles. The summed E-state index contributed by atoms with van der Waals surface area (Å²) in [5.74, 6) is -0.0105. The third kappa shape index (κ3) is 3.11. The van der Waals surface area contributed by atoms with Crippen LogP contribution in [0.5, 0.6) is 0 Å². The number of hydrogen-bond acceptors (Lipinski definition) is 2. The van der Waals surface area contributed by atoms with Crippen molar-refractivity contribution < 1.29 is 9.53 Å². The normalized spacial score (nSPS) is 20.4. The van der Waals surface area contributed by atoms with Crippen molar-refractivity contribution in [3.63, 3.8) is 0 Å². The molecule has 0 aliphatic carbocycles. The lowest BCUT2D eigenvalue weighted by molar-refractivity contribution is -0.0124. The minimum atomic E-state index is -0.0105. The van der Waals surface area contributed by atoms with E-state index in [4.69, 9.17) is 16.3 Å². The summed E-state index contributed by atoms with van der Waals surface area (Å²) in [5.41, 5.74) is 0.577. The lowest BCUT2D eigenvalue weighted by atomic mass is 10.2. The molecule has 1 saturated heterocycles. The number of nitrogens with zero attached hydrogens (tertiary/aromatic N) is 1. The molecule has 0 saturated carbocycles. The van der Waals surface area contributed by atoms with Gasteiger partial charge in [0.2, 0.25) is 0 Å². The number of amides is 1. The molecule has 0 bridgehead atoms. The summed E-state index contributed by atoms with van der Waals surface area (Å²) in [6.45, 7) is 3.82. The lowest BCUT2D eigenvalue weighted by Crippen LogP contribution is -2.44. The molecule has 1 aliphatic heterocycles. The van der Waals surface area contributed by atoms with Gasteiger partial charge in [-0.15, -0.1) is 0 Å². The average molecular weight is 366 g/mol. The van der Waals surface area contributed by atoms with Crippen LogP contribution >= 0.6 is 34.2 Å². The molecule has 0 radical (unpaired) electrons. The van der Waals surface area contributed by atoms with Crippen molar-refractivity contribution in [3.05, 3.63) is 32.4 Å². The molecule has 0 unspecified atom stereocenters. The summed E-state index contributed by atoms with van der Waals surface area (Å²) in [7, 11) is 0. The van der Waals surface area contributed by atoms with Crippen LogP contribution in [0.1, 0.15) is 17.3 Å². The molecule has 5 heteroatoms. The largest absolute Gasteiger partial charge is 0.375 e. The Morgan fingerprint density at radius 3 is 3.06 bits per heavy atom. The highest BCUT2D eigenvalue weighted by atomic mass is 127. The molecule has 1 amide bonds. The highest BCUT2D eigenvalue weighted by molar-refractivity contribution is 14.1. The van der Waals surface area contributed by atoms with E-state index < -0.39 is 0 Å². The Kier molecular flexibility index (Phi) is 4.27. The van der Waals surface area contributed by atoms with Gasteiger partial charge in [-0.25, -0.2) is 0 Å². The topological polar surface area (TPSA) is 29.5 Å². The van der Waals surface area contributed by atoms with Gasteiger partial charge in [-0.1, -0.05) is 11.6 Å². The maximum absolute atomic E-state index is 12.3. The Hall–Kier alpha value is -0.330. The van der Waals surface area contributed by atoms with Crippen molar-refractivity contribution in [2.24, 2.45) is 0 Å². The van der Waals surface area contributed by atoms with E-state index in [2.05, 4.69) is 22.6 Å². The Morgan fingerprint density at radius 2 is 2.35 bits per heavy atom. The number of carbonyl (C=O) groups is 1. The lowest BCUT2D eigenvalue weighted by Gasteiger charge is -2.31. The van der Waals surface area contributed by atoms with Crippen LogP contribution in [0.3, 0.4) is 0 Å². The van der Waals surface area contributed by atoms with E-state index in [0.29, 0.717) is 30.3 Å². The van der Waals surface area contributed by atoms with Crippen molar-refractivity contribution in [1.29, 1.82) is 0 Å². The third-order valence-electron chi connectivity index (χ3n) is 2.69. The maximum Gasteiger partial charge on any atom is 0.255 e. The van der Waals surface area contributed by atoms with E-state index >= 15 is 0 Å². The summed E-state index contributed by atoms with van der Waals surface area (Å²) in [6, 6.07) is 5.48. The molecule has 1 atom stereocenters. The van der Waals surface area contributed by atoms with Gasteiger partial charge < -0.3 is 9.64 Å². The van der Waals surface area contributed by atoms with Gasteiger partial charge in [-0.3, -0.25) is 4.79 Å². The number of benzene rings is 1. The molecule has 3 nitrogen and oxygen atoms in total. The van der Waals surface area contributed by atoms with Gasteiger partial charge in [0.15, 0.2) is 0 Å². The van der Waals surface area contributed by atoms with Crippen molar-refractivity contribution in [2.75, 3.05) is 19.7 Å². The second-order valence-corrected chi connectivity index (χ2v) is 5.71. The van der Waals surface area contributed by atoms with Gasteiger partial charge in [-0.2, -0.15) is 0 Å². The third-order valence-corrected chi connectivity index (χ3v) is 3.69. The number of morpholine rings is 1. The van der Waals surface area contributed by atoms with Gasteiger partial charge in [0.05, 0.1) is 23.3 Å². The highest BCUT2D eigenvalue weighted by Crippen LogP contribution is 2.21. The first kappa shape index (κ1) is 13.1. The first-order valence-electron chi connectivity index (χ1n) is 5.44. The molecule has 1 aromatic carbocycles. The van der Waals surface area contributed by atoms with Crippen LogP contribution in [-0.2, 0) is 4.74 Å². The van der Waals surface area contributed by atoms with Crippen molar-refractivity contribution >= 4 is 40.1 Å². The molecule has 0 spiro atoms. The summed E-state index contributed by atoms with van der Waals surface area (Å²) >= 11 is 8.24. The Balaban J connectivity index is 2.21. The van der Waals surface area contributed by atoms with E-state index in [1.165, 1.54) is 0 Å². The monoisotopic (exact) mass is 365 g/mol. The fourth-order valence-corrected chi connectivity index (χ4v) is 2.52. The highest BCUT2D eigenvalue weighted by Gasteiger charge is 2.23. The first-order valence-corrected chi connectivity index (χ1v) is 6.89. The van der Waals surface area contributed by atoms with Crippen molar-refractivity contribution in [2.45, 2.75) is 13.0 Å². The van der Waals surface area contributed by atoms with Crippen molar-refractivity contribution in [3.8, 4) is 0 Å². The van der Waals surface area contributed by atoms with Gasteiger partial charge in [-0.05, 0) is 47.7 Å². The molecule has 17 heavy (non-hydrogen) atoms. The molecule has 0 N–H and O–H groups in total. The fourth-order valence-electron chi connectivity index (χ4n) is 1.83. The Bertz CT molecular complexity index is 439. The van der Waals surface area contributed by atoms with Crippen LogP contribution in [0.15, 0.2) is 18.2 Å². The van der Waals surface area contributed by atoms with Crippen LogP contribution in [0.4, 0.5) is 0 Å². The summed E-state index contributed by atoms with van der Waals surface area (Å²) in [5, 5.41) is 0.509. The molecule has 1 aliphatic rings. The zero-order valence-electron chi connectivity index (χ0n) is 9.45. The minimum Gasteiger partial charge on any atom is -0.375 e. The maximum atomic E-state index is 12.3. The SMILES string of the molecule is C[C@H]1CN(C(=O)c2cc(I)ccc2Cl)CCO1. The van der Waals surface area contributed by atoms with Crippen molar-refractivity contribution in [1.82, 2.24) is 4.90 Å². The molecular formula is C12H13ClINO2. The zero-order chi connectivity index (χ0) is 12.4. The van der Waals surface area contributed by atoms with Crippen LogP contribution in [0.25, 0.3) is 0 Å². The van der Waals surface area contributed by atoms with Gasteiger partial charge in [0, 0.05) is 16.7 Å². The second-order valence-electron chi connectivity index (χ2n) is 4.06. The van der Waals surface area contributed by atoms with E-state index in [0.717, 1.165) is 3.57 Å². The van der Waals surface area contributed by atoms with Crippen LogP contribution in [0, 0.1) is 3.57 Å². The standard InChI is InChI=1S/C12H13ClINO2/c1-8-7-15(4-5-17-8)12(16)10-6-9(14)2-3-11(10)13/h2-3,6,8H,4-5,7H2,1H3/t8-/m0/s1. The van der Waals surface area contributed by atoms with Crippen LogP contribution in [-0.4, -0.2) is 36.6 Å². The van der Waals surface area contributed by atoms with Gasteiger partial charge >= 0.3 is 0 Å². The van der Waals surface area contributed by atoms with Gasteiger partial charge in [0.1, 0.15) is 0 Å². The quantitative estimate of drug-likeness (QED) is 0.716. The van der Waals surface area contributed by atoms with Gasteiger partial charge in [0.25, 0.3) is 5.91 Å². The average Bonchev–Trinajstić information content (AvgIpc) is 2.31. The number of ether oxygens (including phenoxy) is 1. The predicted molar refractivity (Wildman–Crippen MR) is 75.5 cm³/mol. The zero-order valence-corrected chi connectivity index (χ0v) is 12.4. The summed E-state index contributed by atoms with van der Waals surface area (Å²) in [6.07, 6.45) is 0.0919. The van der Waals surface area contributed by atoms with E-state index in [1.54, 1.807) is 11.0 Å². The minimum absolute atomic E-state index is 0.0105. The number of rotatable bonds is 1. The molecule has 2 rings (SSSR count). The second kappa shape index (κ2) is 5.54. The Labute approximate surface area is 119 Å². The van der Waals surface area contributed by atoms with E-state index in [9.17, 15) is 4.79 Å². The number of halogens is 2. The van der Waals surface area contributed by atoms with E-state index in [-0.39, 0.29) is 12.0 Å². The summed E-state index contributed by atoms with van der Waals surface area (Å²) in [4.78, 5) is 14.1. The number of hydrogen-bond donors (Lipinski definition) is 0. The van der Waals surface area contributed by atoms with Crippen LogP contribution < -0.4 is 0 Å². The number of carbonyl (C=O) groups excluding carboxylic acids is 1. The molecule has 1 aromatic rings. The van der Waals surface area contributed by atoms with E-state index in [1.807, 2.05) is 19.1 Å².